The van der Waals surface area contributed by atoms with Gasteiger partial charge in [0.25, 0.3) is 0 Å². The zero-order valence-electron chi connectivity index (χ0n) is 17.4. The van der Waals surface area contributed by atoms with Crippen molar-refractivity contribution in [1.29, 1.82) is 0 Å². The quantitative estimate of drug-likeness (QED) is 0.406. The summed E-state index contributed by atoms with van der Waals surface area (Å²) in [5.74, 6) is -0.716. The van der Waals surface area contributed by atoms with Crippen molar-refractivity contribution in [3.63, 3.8) is 0 Å². The smallest absolute Gasteiger partial charge is 0.323 e. The van der Waals surface area contributed by atoms with Gasteiger partial charge in [-0.15, -0.1) is 11.8 Å². The molecule has 6 nitrogen and oxygen atoms in total. The molecule has 2 aliphatic rings. The summed E-state index contributed by atoms with van der Waals surface area (Å²) in [6.07, 6.45) is 0.240. The monoisotopic (exact) mass is 438 g/mol. The predicted molar refractivity (Wildman–Crippen MR) is 119 cm³/mol. The second-order valence-electron chi connectivity index (χ2n) is 8.06. The molecule has 31 heavy (non-hydrogen) atoms. The van der Waals surface area contributed by atoms with Gasteiger partial charge in [-0.2, -0.15) is 0 Å². The molecule has 2 aromatic carbocycles. The third kappa shape index (κ3) is 3.88. The topological polar surface area (TPSA) is 89.7 Å². The number of benzene rings is 2. The molecule has 0 radical (unpaired) electrons. The Balaban J connectivity index is 1.66. The third-order valence-corrected chi connectivity index (χ3v) is 7.50. The number of thioether (sulfide) groups is 1. The maximum Gasteiger partial charge on any atom is 0.323 e. The van der Waals surface area contributed by atoms with Crippen molar-refractivity contribution >= 4 is 29.4 Å². The van der Waals surface area contributed by atoms with Gasteiger partial charge in [0, 0.05) is 18.7 Å². The van der Waals surface area contributed by atoms with Crippen molar-refractivity contribution < 1.29 is 19.1 Å². The van der Waals surface area contributed by atoms with Crippen molar-refractivity contribution in [2.45, 2.75) is 37.3 Å². The molecule has 2 fully saturated rings. The highest BCUT2D eigenvalue weighted by Gasteiger charge is 2.59. The van der Waals surface area contributed by atoms with Crippen LogP contribution in [-0.2, 0) is 19.1 Å². The van der Waals surface area contributed by atoms with E-state index in [2.05, 4.69) is 0 Å². The molecule has 2 aliphatic heterocycles. The van der Waals surface area contributed by atoms with Crippen molar-refractivity contribution in [3.8, 4) is 0 Å². The molecule has 2 unspecified atom stereocenters. The minimum absolute atomic E-state index is 0.0329. The second-order valence-corrected chi connectivity index (χ2v) is 9.16. The van der Waals surface area contributed by atoms with Gasteiger partial charge in [0.05, 0.1) is 0 Å². The number of Topliss-reactive ketones (excluding diaryl/α,β-unsaturated/α-hetero) is 1. The molecule has 7 heteroatoms. The molecule has 2 heterocycles. The van der Waals surface area contributed by atoms with E-state index in [1.165, 1.54) is 11.8 Å². The van der Waals surface area contributed by atoms with E-state index in [-0.39, 0.29) is 35.8 Å². The molecule has 2 N–H and O–H groups in total. The highest BCUT2D eigenvalue weighted by molar-refractivity contribution is 8.00. The lowest BCUT2D eigenvalue weighted by Gasteiger charge is -2.52. The fraction of sp³-hybridized carbons (Fsp3) is 0.375. The fourth-order valence-corrected chi connectivity index (χ4v) is 5.66. The predicted octanol–water partition coefficient (Wildman–Crippen LogP) is 2.92. The number of carbonyl (C=O) groups excluding carboxylic acids is 3. The molecule has 162 valence electrons. The van der Waals surface area contributed by atoms with Crippen LogP contribution in [0.2, 0.25) is 0 Å². The number of ether oxygens (including phenoxy) is 1. The van der Waals surface area contributed by atoms with Gasteiger partial charge in [-0.05, 0) is 17.5 Å². The minimum atomic E-state index is -1.38. The van der Waals surface area contributed by atoms with E-state index < -0.39 is 23.5 Å². The van der Waals surface area contributed by atoms with Gasteiger partial charge in [-0.25, -0.2) is 0 Å². The van der Waals surface area contributed by atoms with Crippen LogP contribution in [0.25, 0.3) is 0 Å². The molecule has 4 rings (SSSR count). The first-order valence-corrected chi connectivity index (χ1v) is 11.5. The number of rotatable bonds is 7. The van der Waals surface area contributed by atoms with E-state index in [4.69, 9.17) is 10.5 Å². The van der Waals surface area contributed by atoms with Gasteiger partial charge in [-0.3, -0.25) is 14.4 Å². The molecule has 0 spiro atoms. The van der Waals surface area contributed by atoms with Crippen LogP contribution in [0.4, 0.5) is 0 Å². The van der Waals surface area contributed by atoms with Crippen LogP contribution < -0.4 is 5.73 Å². The first-order chi connectivity index (χ1) is 15.0. The summed E-state index contributed by atoms with van der Waals surface area (Å²) in [6, 6.07) is 18.4. The van der Waals surface area contributed by atoms with Gasteiger partial charge in [0.2, 0.25) is 5.91 Å². The van der Waals surface area contributed by atoms with Crippen molar-refractivity contribution in [2.75, 3.05) is 12.3 Å². The van der Waals surface area contributed by atoms with Gasteiger partial charge in [0.1, 0.15) is 11.4 Å². The Morgan fingerprint density at radius 3 is 2.26 bits per heavy atom. The van der Waals surface area contributed by atoms with Gasteiger partial charge in [0.15, 0.2) is 17.3 Å². The number of amides is 1. The van der Waals surface area contributed by atoms with Crippen LogP contribution in [-0.4, -0.2) is 46.3 Å². The van der Waals surface area contributed by atoms with E-state index >= 15 is 0 Å². The van der Waals surface area contributed by atoms with Crippen molar-refractivity contribution in [1.82, 2.24) is 4.90 Å². The highest BCUT2D eigenvalue weighted by Crippen LogP contribution is 2.44. The van der Waals surface area contributed by atoms with Crippen molar-refractivity contribution in [3.05, 3.63) is 71.8 Å². The first-order valence-electron chi connectivity index (χ1n) is 10.5. The summed E-state index contributed by atoms with van der Waals surface area (Å²) in [5, 5.41) is -0.179. The number of carbonyl (C=O) groups is 3. The summed E-state index contributed by atoms with van der Waals surface area (Å²) in [4.78, 5) is 40.7. The summed E-state index contributed by atoms with van der Waals surface area (Å²) in [5.41, 5.74) is 6.16. The van der Waals surface area contributed by atoms with E-state index in [0.29, 0.717) is 6.42 Å². The van der Waals surface area contributed by atoms with Gasteiger partial charge < -0.3 is 15.4 Å². The Hall–Kier alpha value is -2.64. The molecule has 2 aromatic rings. The van der Waals surface area contributed by atoms with E-state index in [1.807, 2.05) is 67.6 Å². The molecule has 2 saturated heterocycles. The number of esters is 1. The number of hydrogen-bond donors (Lipinski definition) is 1. The molecule has 0 aliphatic carbocycles. The Bertz CT molecular complexity index is 929. The Morgan fingerprint density at radius 1 is 1.13 bits per heavy atom. The average Bonchev–Trinajstić information content (AvgIpc) is 2.82. The average molecular weight is 439 g/mol. The van der Waals surface area contributed by atoms with Crippen molar-refractivity contribution in [2.24, 2.45) is 11.1 Å². The normalized spacial score (nSPS) is 25.0. The molecular weight excluding hydrogens is 412 g/mol. The number of nitrogens with two attached hydrogens (primary N) is 1. The summed E-state index contributed by atoms with van der Waals surface area (Å²) in [6.45, 7) is 1.93. The highest BCUT2D eigenvalue weighted by atomic mass is 32.2. The Labute approximate surface area is 186 Å². The SMILES string of the molecule is CCCC(=O)C1(C(=O)OC(c2ccccc2)c2ccccc2)CS[C@@H]2C(N)C(=O)N2C1. The Morgan fingerprint density at radius 2 is 1.71 bits per heavy atom. The molecule has 0 aromatic heterocycles. The second kappa shape index (κ2) is 8.85. The minimum Gasteiger partial charge on any atom is -0.452 e. The lowest BCUT2D eigenvalue weighted by Crippen LogP contribution is -2.73. The number of hydrogen-bond acceptors (Lipinski definition) is 6. The number of nitrogens with zero attached hydrogens (tertiary/aromatic N) is 1. The molecular formula is C24H26N2O4S. The number of fused-ring (bicyclic) bond motifs is 1. The lowest BCUT2D eigenvalue weighted by molar-refractivity contribution is -0.168. The lowest BCUT2D eigenvalue weighted by atomic mass is 9.81. The van der Waals surface area contributed by atoms with Crippen LogP contribution in [0.15, 0.2) is 60.7 Å². The maximum absolute atomic E-state index is 13.6. The van der Waals surface area contributed by atoms with Gasteiger partial charge in [-0.1, -0.05) is 67.6 Å². The molecule has 0 saturated carbocycles. The largest absolute Gasteiger partial charge is 0.452 e. The summed E-state index contributed by atoms with van der Waals surface area (Å²) in [7, 11) is 0. The molecule has 0 bridgehead atoms. The summed E-state index contributed by atoms with van der Waals surface area (Å²) < 4.78 is 6.06. The molecule has 3 atom stereocenters. The van der Waals surface area contributed by atoms with E-state index in [0.717, 1.165) is 11.1 Å². The summed E-state index contributed by atoms with van der Waals surface area (Å²) >= 11 is 1.39. The van der Waals surface area contributed by atoms with E-state index in [9.17, 15) is 14.4 Å². The first kappa shape index (κ1) is 21.6. The van der Waals surface area contributed by atoms with Crippen LogP contribution in [0.5, 0.6) is 0 Å². The van der Waals surface area contributed by atoms with Crippen LogP contribution in [0, 0.1) is 5.41 Å². The van der Waals surface area contributed by atoms with Crippen LogP contribution >= 0.6 is 11.8 Å². The zero-order valence-corrected chi connectivity index (χ0v) is 18.2. The van der Waals surface area contributed by atoms with Crippen LogP contribution in [0.1, 0.15) is 37.0 Å². The Kier molecular flexibility index (Phi) is 6.16. The number of β-lactam (4-membered cyclic amide) rings is 1. The number of ketones is 1. The zero-order chi connectivity index (χ0) is 22.0. The van der Waals surface area contributed by atoms with Crippen LogP contribution in [0.3, 0.4) is 0 Å². The van der Waals surface area contributed by atoms with E-state index in [1.54, 1.807) is 4.90 Å². The molecule has 1 amide bonds. The maximum atomic E-state index is 13.6. The standard InChI is InChI=1S/C24H26N2O4S/c1-2-9-18(27)24(14-26-21(28)19(25)22(26)31-15-24)23(29)30-20(16-10-5-3-6-11-16)17-12-7-4-8-13-17/h3-8,10-13,19-20,22H,2,9,14-15,25H2,1H3/t19?,22-,24?/m1/s1. The fourth-order valence-electron chi connectivity index (χ4n) is 4.15. The third-order valence-electron chi connectivity index (χ3n) is 5.95. The van der Waals surface area contributed by atoms with Gasteiger partial charge >= 0.3 is 5.97 Å².